The van der Waals surface area contributed by atoms with Gasteiger partial charge in [0.1, 0.15) is 12.5 Å². The number of halogens is 1. The third kappa shape index (κ3) is 4.10. The van der Waals surface area contributed by atoms with Gasteiger partial charge in [-0.2, -0.15) is 0 Å². The first kappa shape index (κ1) is 17.9. The first-order valence-corrected chi connectivity index (χ1v) is 7.53. The van der Waals surface area contributed by atoms with Crippen LogP contribution in [-0.4, -0.2) is 47.9 Å². The van der Waals surface area contributed by atoms with Gasteiger partial charge in [-0.25, -0.2) is 10.2 Å². The number of nitrogens with zero attached hydrogens (tertiary/aromatic N) is 3. The molecule has 8 nitrogen and oxygen atoms in total. The van der Waals surface area contributed by atoms with Crippen molar-refractivity contribution in [1.82, 2.24) is 10.2 Å². The number of hydrogen-bond acceptors (Lipinski definition) is 7. The quantitative estimate of drug-likeness (QED) is 0.292. The van der Waals surface area contributed by atoms with Gasteiger partial charge in [-0.05, 0) is 12.1 Å². The Hall–Kier alpha value is -2.43. The minimum absolute atomic E-state index is 0.0132. The van der Waals surface area contributed by atoms with Crippen LogP contribution in [0.15, 0.2) is 30.1 Å². The molecule has 0 atom stereocenters. The first-order chi connectivity index (χ1) is 11.5. The highest BCUT2D eigenvalue weighted by molar-refractivity contribution is 7.78. The molecule has 6 N–H and O–H groups in total. The zero-order chi connectivity index (χ0) is 17.7. The molecule has 0 radical (unpaired) electrons. The van der Waals surface area contributed by atoms with E-state index in [0.29, 0.717) is 17.9 Å². The van der Waals surface area contributed by atoms with Gasteiger partial charge in [0.15, 0.2) is 0 Å². The zero-order valence-corrected chi connectivity index (χ0v) is 13.7. The molecule has 0 spiro atoms. The number of rotatable bonds is 7. The van der Waals surface area contributed by atoms with Crippen LogP contribution < -0.4 is 26.8 Å². The van der Waals surface area contributed by atoms with Gasteiger partial charge < -0.3 is 26.0 Å². The summed E-state index contributed by atoms with van der Waals surface area (Å²) in [5.74, 6) is 5.05. The molecular formula is C14H19FN6O2S. The minimum atomic E-state index is -0.528. The standard InChI is InChI=1S/C14H19FN6O2S/c15-12-3-11(21(17)5-10(16)4-18-7-24)1-2-13(12)19-6-14(23)20(8-19)9-22/h1-3,5,7,22H,4,6,8-9,16-17H2,(H,18,24)/b10-5-. The third-order valence-corrected chi connectivity index (χ3v) is 3.62. The van der Waals surface area contributed by atoms with E-state index in [0.717, 1.165) is 0 Å². The lowest BCUT2D eigenvalue weighted by atomic mass is 10.2. The predicted molar refractivity (Wildman–Crippen MR) is 93.1 cm³/mol. The van der Waals surface area contributed by atoms with Gasteiger partial charge in [-0.1, -0.05) is 12.2 Å². The second-order valence-corrected chi connectivity index (χ2v) is 5.40. The highest BCUT2D eigenvalue weighted by Crippen LogP contribution is 2.26. The smallest absolute Gasteiger partial charge is 0.245 e. The van der Waals surface area contributed by atoms with Crippen molar-refractivity contribution >= 4 is 35.0 Å². The molecule has 0 aliphatic carbocycles. The van der Waals surface area contributed by atoms with Crippen molar-refractivity contribution in [1.29, 1.82) is 0 Å². The SMILES string of the molecule is N/C(=C\N(N)c1ccc(N2CC(=O)N(CO)C2)c(F)c1)CNC=S. The molecule has 10 heteroatoms. The number of nitrogens with one attached hydrogen (secondary N) is 1. The number of amides is 1. The lowest BCUT2D eigenvalue weighted by Crippen LogP contribution is -2.29. The Morgan fingerprint density at radius 1 is 1.54 bits per heavy atom. The molecule has 130 valence electrons. The Morgan fingerprint density at radius 3 is 2.88 bits per heavy atom. The van der Waals surface area contributed by atoms with Crippen LogP contribution in [0.2, 0.25) is 0 Å². The van der Waals surface area contributed by atoms with Crippen molar-refractivity contribution in [2.75, 3.05) is 36.4 Å². The van der Waals surface area contributed by atoms with Gasteiger partial charge >= 0.3 is 0 Å². The van der Waals surface area contributed by atoms with E-state index in [4.69, 9.17) is 16.7 Å². The summed E-state index contributed by atoms with van der Waals surface area (Å²) < 4.78 is 14.4. The molecule has 0 bridgehead atoms. The Kier molecular flexibility index (Phi) is 5.90. The number of hydrogen-bond donors (Lipinski definition) is 4. The van der Waals surface area contributed by atoms with Crippen molar-refractivity contribution in [3.05, 3.63) is 35.9 Å². The summed E-state index contributed by atoms with van der Waals surface area (Å²) in [5.41, 5.74) is 8.17. The molecule has 1 aliphatic rings. The minimum Gasteiger partial charge on any atom is -0.399 e. The van der Waals surface area contributed by atoms with Gasteiger partial charge in [-0.15, -0.1) is 0 Å². The van der Waals surface area contributed by atoms with Gasteiger partial charge in [0.05, 0.1) is 36.6 Å². The van der Waals surface area contributed by atoms with Gasteiger partial charge in [0.25, 0.3) is 0 Å². The average molecular weight is 354 g/mol. The Labute approximate surface area is 144 Å². The molecule has 1 fully saturated rings. The van der Waals surface area contributed by atoms with Crippen molar-refractivity contribution in [2.24, 2.45) is 11.6 Å². The van der Waals surface area contributed by atoms with Crippen LogP contribution in [-0.2, 0) is 4.79 Å². The topological polar surface area (TPSA) is 111 Å². The van der Waals surface area contributed by atoms with Crippen LogP contribution >= 0.6 is 12.2 Å². The molecular weight excluding hydrogens is 335 g/mol. The largest absolute Gasteiger partial charge is 0.399 e. The fourth-order valence-corrected chi connectivity index (χ4v) is 2.34. The van der Waals surface area contributed by atoms with Gasteiger partial charge in [-0.3, -0.25) is 9.80 Å². The molecule has 1 aliphatic heterocycles. The number of hydrazine groups is 1. The first-order valence-electron chi connectivity index (χ1n) is 7.06. The highest BCUT2D eigenvalue weighted by atomic mass is 32.1. The summed E-state index contributed by atoms with van der Waals surface area (Å²) in [4.78, 5) is 14.4. The van der Waals surface area contributed by atoms with Crippen LogP contribution in [0.4, 0.5) is 15.8 Å². The van der Waals surface area contributed by atoms with E-state index in [9.17, 15) is 9.18 Å². The molecule has 24 heavy (non-hydrogen) atoms. The van der Waals surface area contributed by atoms with Crippen molar-refractivity contribution in [3.8, 4) is 0 Å². The van der Waals surface area contributed by atoms with Crippen molar-refractivity contribution in [2.45, 2.75) is 0 Å². The second-order valence-electron chi connectivity index (χ2n) is 5.16. The number of anilines is 2. The van der Waals surface area contributed by atoms with Gasteiger partial charge in [0, 0.05) is 18.0 Å². The Morgan fingerprint density at radius 2 is 2.29 bits per heavy atom. The number of carbonyl (C=O) groups excluding carboxylic acids is 1. The fourth-order valence-electron chi connectivity index (χ4n) is 2.25. The van der Waals surface area contributed by atoms with E-state index in [-0.39, 0.29) is 24.8 Å². The molecule has 1 amide bonds. The maximum absolute atomic E-state index is 14.4. The van der Waals surface area contributed by atoms with Crippen LogP contribution in [0.1, 0.15) is 0 Å². The maximum Gasteiger partial charge on any atom is 0.245 e. The Balaban J connectivity index is 2.12. The molecule has 0 aromatic heterocycles. The lowest BCUT2D eigenvalue weighted by molar-refractivity contribution is -0.129. The summed E-state index contributed by atoms with van der Waals surface area (Å²) in [7, 11) is 0. The summed E-state index contributed by atoms with van der Waals surface area (Å²) in [6, 6.07) is 4.39. The third-order valence-electron chi connectivity index (χ3n) is 3.46. The number of carbonyl (C=O) groups is 1. The highest BCUT2D eigenvalue weighted by Gasteiger charge is 2.28. The normalized spacial score (nSPS) is 15.0. The molecule has 1 saturated heterocycles. The van der Waals surface area contributed by atoms with E-state index in [2.05, 4.69) is 17.5 Å². The monoisotopic (exact) mass is 354 g/mol. The number of benzene rings is 1. The van der Waals surface area contributed by atoms with E-state index >= 15 is 0 Å². The molecule has 1 aromatic carbocycles. The van der Waals surface area contributed by atoms with Crippen molar-refractivity contribution < 1.29 is 14.3 Å². The lowest BCUT2D eigenvalue weighted by Gasteiger charge is -2.21. The van der Waals surface area contributed by atoms with Gasteiger partial charge in [0.2, 0.25) is 5.91 Å². The van der Waals surface area contributed by atoms with E-state index in [1.54, 1.807) is 6.07 Å². The summed E-state index contributed by atoms with van der Waals surface area (Å²) in [5, 5.41) is 13.0. The summed E-state index contributed by atoms with van der Waals surface area (Å²) >= 11 is 4.63. The summed E-state index contributed by atoms with van der Waals surface area (Å²) in [6.07, 6.45) is 1.45. The number of thiocarbonyl (C=S) groups is 1. The number of nitrogens with two attached hydrogens (primary N) is 2. The molecule has 2 rings (SSSR count). The summed E-state index contributed by atoms with van der Waals surface area (Å²) in [6.45, 7) is 0.0728. The van der Waals surface area contributed by atoms with E-state index in [1.165, 1.54) is 38.6 Å². The van der Waals surface area contributed by atoms with Crippen LogP contribution in [0.25, 0.3) is 0 Å². The fraction of sp³-hybridized carbons (Fsp3) is 0.286. The van der Waals surface area contributed by atoms with Crippen LogP contribution in [0, 0.1) is 5.82 Å². The molecule has 0 unspecified atom stereocenters. The molecule has 0 saturated carbocycles. The number of aliphatic hydroxyl groups excluding tert-OH is 1. The zero-order valence-electron chi connectivity index (χ0n) is 12.9. The number of aliphatic hydroxyl groups is 1. The second kappa shape index (κ2) is 7.90. The van der Waals surface area contributed by atoms with Crippen molar-refractivity contribution in [3.63, 3.8) is 0 Å². The average Bonchev–Trinajstić information content (AvgIpc) is 2.93. The molecule has 1 aromatic rings. The van der Waals surface area contributed by atoms with E-state index in [1.807, 2.05) is 0 Å². The van der Waals surface area contributed by atoms with E-state index < -0.39 is 12.5 Å². The van der Waals surface area contributed by atoms with Crippen LogP contribution in [0.3, 0.4) is 0 Å². The molecule has 1 heterocycles. The maximum atomic E-state index is 14.4. The Bertz CT molecular complexity index is 656. The van der Waals surface area contributed by atoms with Crippen LogP contribution in [0.5, 0.6) is 0 Å². The predicted octanol–water partition coefficient (Wildman–Crippen LogP) is -0.591.